The van der Waals surface area contributed by atoms with Crippen LogP contribution in [0.4, 0.5) is 0 Å². The molecule has 2 aromatic heterocycles. The van der Waals surface area contributed by atoms with Crippen LogP contribution in [0.15, 0.2) is 46.1 Å². The molecule has 0 saturated carbocycles. The zero-order chi connectivity index (χ0) is 17.4. The van der Waals surface area contributed by atoms with Gasteiger partial charge >= 0.3 is 5.69 Å². The normalized spacial score (nSPS) is 17.2. The third-order valence-electron chi connectivity index (χ3n) is 4.51. The summed E-state index contributed by atoms with van der Waals surface area (Å²) >= 11 is 6.31. The van der Waals surface area contributed by atoms with E-state index >= 15 is 0 Å². The number of aromatic nitrogens is 3. The van der Waals surface area contributed by atoms with Crippen molar-refractivity contribution in [3.8, 4) is 11.1 Å². The number of fused-ring (bicyclic) bond motifs is 1. The minimum absolute atomic E-state index is 0.0239. The molecule has 7 heteroatoms. The molecule has 1 unspecified atom stereocenters. The van der Waals surface area contributed by atoms with Gasteiger partial charge in [0.15, 0.2) is 0 Å². The van der Waals surface area contributed by atoms with Gasteiger partial charge in [0.25, 0.3) is 11.2 Å². The molecule has 0 spiro atoms. The molecule has 2 N–H and O–H groups in total. The zero-order valence-electron chi connectivity index (χ0n) is 13.4. The van der Waals surface area contributed by atoms with Crippen LogP contribution in [0.1, 0.15) is 12.8 Å². The number of benzene rings is 1. The number of rotatable bonds is 3. The lowest BCUT2D eigenvalue weighted by Crippen LogP contribution is -2.36. The van der Waals surface area contributed by atoms with Crippen molar-refractivity contribution >= 4 is 22.6 Å². The quantitative estimate of drug-likeness (QED) is 0.777. The summed E-state index contributed by atoms with van der Waals surface area (Å²) in [7, 11) is 0. The molecule has 3 heterocycles. The van der Waals surface area contributed by atoms with E-state index in [0.717, 1.165) is 18.4 Å². The van der Waals surface area contributed by atoms with Gasteiger partial charge in [-0.3, -0.25) is 9.78 Å². The number of ether oxygens (including phenoxy) is 1. The van der Waals surface area contributed by atoms with E-state index in [0.29, 0.717) is 34.8 Å². The van der Waals surface area contributed by atoms with Crippen LogP contribution in [-0.2, 0) is 11.3 Å². The van der Waals surface area contributed by atoms with E-state index in [9.17, 15) is 9.59 Å². The molecule has 0 amide bonds. The van der Waals surface area contributed by atoms with Crippen molar-refractivity contribution in [3.05, 3.63) is 62.4 Å². The standard InChI is InChI=1S/C18H16ClN3O3/c19-14-6-2-1-5-12(14)13-7-8-20-16-15(13)17(23)21-18(24)22(16)10-11-4-3-9-25-11/h1-2,5-8,11H,3-4,9-10H2,(H,21,23,24)/p+1. The minimum atomic E-state index is -0.444. The monoisotopic (exact) mass is 358 g/mol. The maximum atomic E-state index is 12.5. The molecule has 0 radical (unpaired) electrons. The van der Waals surface area contributed by atoms with Crippen LogP contribution in [0.25, 0.3) is 22.2 Å². The summed E-state index contributed by atoms with van der Waals surface area (Å²) in [5.41, 5.74) is 1.02. The van der Waals surface area contributed by atoms with Crippen molar-refractivity contribution < 1.29 is 9.72 Å². The number of aromatic amines is 2. The van der Waals surface area contributed by atoms with Crippen LogP contribution in [0, 0.1) is 0 Å². The molecule has 128 valence electrons. The summed E-state index contributed by atoms with van der Waals surface area (Å²) < 4.78 is 7.17. The third kappa shape index (κ3) is 2.88. The number of halogens is 1. The summed E-state index contributed by atoms with van der Waals surface area (Å²) in [6.45, 7) is 1.10. The number of H-pyrrole nitrogens is 2. The highest BCUT2D eigenvalue weighted by Gasteiger charge is 2.25. The second kappa shape index (κ2) is 6.46. The van der Waals surface area contributed by atoms with Gasteiger partial charge in [-0.25, -0.2) is 9.78 Å². The Labute approximate surface area is 148 Å². The fraction of sp³-hybridized carbons (Fsp3) is 0.278. The highest BCUT2D eigenvalue weighted by Crippen LogP contribution is 2.30. The number of hydrogen-bond acceptors (Lipinski definition) is 3. The van der Waals surface area contributed by atoms with Crippen LogP contribution in [-0.4, -0.2) is 22.3 Å². The molecule has 25 heavy (non-hydrogen) atoms. The summed E-state index contributed by atoms with van der Waals surface area (Å²) in [5.74, 6) is 0. The van der Waals surface area contributed by atoms with E-state index in [1.165, 1.54) is 4.57 Å². The largest absolute Gasteiger partial charge is 0.415 e. The lowest BCUT2D eigenvalue weighted by atomic mass is 10.0. The van der Waals surface area contributed by atoms with Gasteiger partial charge in [0.1, 0.15) is 11.9 Å². The minimum Gasteiger partial charge on any atom is -0.374 e. The van der Waals surface area contributed by atoms with E-state index in [1.807, 2.05) is 18.2 Å². The highest BCUT2D eigenvalue weighted by molar-refractivity contribution is 6.33. The van der Waals surface area contributed by atoms with Crippen molar-refractivity contribution in [2.75, 3.05) is 6.61 Å². The van der Waals surface area contributed by atoms with Gasteiger partial charge in [-0.15, -0.1) is 0 Å². The van der Waals surface area contributed by atoms with Crippen molar-refractivity contribution in [3.63, 3.8) is 0 Å². The second-order valence-electron chi connectivity index (χ2n) is 6.10. The third-order valence-corrected chi connectivity index (χ3v) is 4.84. The van der Waals surface area contributed by atoms with Gasteiger partial charge in [-0.2, -0.15) is 4.57 Å². The fourth-order valence-corrected chi connectivity index (χ4v) is 3.57. The first-order chi connectivity index (χ1) is 12.1. The molecule has 1 fully saturated rings. The molecule has 1 aliphatic heterocycles. The maximum Gasteiger partial charge on any atom is 0.415 e. The molecular weight excluding hydrogens is 342 g/mol. The second-order valence-corrected chi connectivity index (χ2v) is 6.51. The zero-order valence-corrected chi connectivity index (χ0v) is 14.2. The first-order valence-electron chi connectivity index (χ1n) is 8.19. The number of pyridine rings is 1. The van der Waals surface area contributed by atoms with Crippen LogP contribution < -0.4 is 16.2 Å². The van der Waals surface area contributed by atoms with E-state index in [2.05, 4.69) is 9.97 Å². The summed E-state index contributed by atoms with van der Waals surface area (Å²) in [6.07, 6.45) is 3.57. The van der Waals surface area contributed by atoms with Crippen LogP contribution >= 0.6 is 11.6 Å². The molecule has 1 aromatic carbocycles. The lowest BCUT2D eigenvalue weighted by molar-refractivity contribution is -0.350. The van der Waals surface area contributed by atoms with Crippen LogP contribution in [0.2, 0.25) is 5.02 Å². The molecule has 1 saturated heterocycles. The molecule has 4 rings (SSSR count). The maximum absolute atomic E-state index is 12.5. The molecule has 3 aromatic rings. The van der Waals surface area contributed by atoms with Crippen LogP contribution in [0.5, 0.6) is 0 Å². The Hall–Kier alpha value is -2.44. The number of nitrogens with one attached hydrogen (secondary N) is 2. The van der Waals surface area contributed by atoms with Crippen molar-refractivity contribution in [1.82, 2.24) is 9.55 Å². The summed E-state index contributed by atoms with van der Waals surface area (Å²) in [4.78, 5) is 30.4. The van der Waals surface area contributed by atoms with Crippen molar-refractivity contribution in [1.29, 1.82) is 0 Å². The van der Waals surface area contributed by atoms with E-state index in [1.54, 1.807) is 18.3 Å². The Morgan fingerprint density at radius 1 is 1.24 bits per heavy atom. The summed E-state index contributed by atoms with van der Waals surface area (Å²) in [5, 5.41) is 0.958. The van der Waals surface area contributed by atoms with E-state index < -0.39 is 11.2 Å². The molecule has 1 aliphatic rings. The van der Waals surface area contributed by atoms with Gasteiger partial charge in [-0.1, -0.05) is 29.8 Å². The van der Waals surface area contributed by atoms with Gasteiger partial charge in [0, 0.05) is 22.8 Å². The Morgan fingerprint density at radius 3 is 2.84 bits per heavy atom. The number of hydrogen-bond donors (Lipinski definition) is 1. The summed E-state index contributed by atoms with van der Waals surface area (Å²) in [6, 6.07) is 9.11. The molecular formula is C18H17ClN3O3+. The SMILES string of the molecule is O=c1[nH]c(=O)n(CC2CCCO2)c2[nH+]ccc(-c3ccccc3Cl)c12. The molecule has 0 bridgehead atoms. The lowest BCUT2D eigenvalue weighted by Gasteiger charge is -2.10. The van der Waals surface area contributed by atoms with Gasteiger partial charge in [0.2, 0.25) is 0 Å². The van der Waals surface area contributed by atoms with E-state index in [4.69, 9.17) is 16.3 Å². The highest BCUT2D eigenvalue weighted by atomic mass is 35.5. The van der Waals surface area contributed by atoms with Crippen LogP contribution in [0.3, 0.4) is 0 Å². The smallest absolute Gasteiger partial charge is 0.374 e. The molecule has 0 aliphatic carbocycles. The first-order valence-corrected chi connectivity index (χ1v) is 8.57. The Balaban J connectivity index is 1.97. The average Bonchev–Trinajstić information content (AvgIpc) is 3.11. The predicted octanol–water partition coefficient (Wildman–Crippen LogP) is 2.00. The Kier molecular flexibility index (Phi) is 4.15. The Bertz CT molecular complexity index is 1050. The topological polar surface area (TPSA) is 78.2 Å². The molecule has 1 atom stereocenters. The van der Waals surface area contributed by atoms with Gasteiger partial charge in [-0.05, 0) is 25.0 Å². The average molecular weight is 359 g/mol. The van der Waals surface area contributed by atoms with Crippen molar-refractivity contribution in [2.24, 2.45) is 0 Å². The van der Waals surface area contributed by atoms with Gasteiger partial charge < -0.3 is 4.74 Å². The van der Waals surface area contributed by atoms with Crippen molar-refractivity contribution in [2.45, 2.75) is 25.5 Å². The fourth-order valence-electron chi connectivity index (χ4n) is 3.33. The Morgan fingerprint density at radius 2 is 2.08 bits per heavy atom. The number of nitrogens with zero attached hydrogens (tertiary/aromatic N) is 1. The van der Waals surface area contributed by atoms with E-state index in [-0.39, 0.29) is 6.10 Å². The van der Waals surface area contributed by atoms with Gasteiger partial charge in [0.05, 0.1) is 12.3 Å². The predicted molar refractivity (Wildman–Crippen MR) is 94.8 cm³/mol. The first kappa shape index (κ1) is 16.1. The molecule has 6 nitrogen and oxygen atoms in total.